The first-order valence-corrected chi connectivity index (χ1v) is 3.89. The maximum atomic E-state index is 11.1. The Hall–Kier alpha value is -1.39. The third-order valence-corrected chi connectivity index (χ3v) is 1.62. The van der Waals surface area contributed by atoms with Crippen molar-refractivity contribution in [3.63, 3.8) is 0 Å². The molecule has 74 valence electrons. The van der Waals surface area contributed by atoms with Crippen LogP contribution in [0.4, 0.5) is 0 Å². The Morgan fingerprint density at radius 2 is 1.62 bits per heavy atom. The molecule has 0 aliphatic heterocycles. The van der Waals surface area contributed by atoms with Crippen molar-refractivity contribution in [1.29, 1.82) is 0 Å². The van der Waals surface area contributed by atoms with Crippen LogP contribution in [0.25, 0.3) is 0 Å². The summed E-state index contributed by atoms with van der Waals surface area (Å²) in [6.07, 6.45) is -0.564. The van der Waals surface area contributed by atoms with Crippen LogP contribution in [0.2, 0.25) is 0 Å². The molecule has 0 spiro atoms. The van der Waals surface area contributed by atoms with E-state index in [1.165, 1.54) is 6.92 Å². The lowest BCUT2D eigenvalue weighted by atomic mass is 9.99. The summed E-state index contributed by atoms with van der Waals surface area (Å²) in [5.41, 5.74) is 0. The molecule has 0 aliphatic rings. The lowest BCUT2D eigenvalue weighted by molar-refractivity contribution is -0.141. The van der Waals surface area contributed by atoms with Gasteiger partial charge >= 0.3 is 11.9 Å². The van der Waals surface area contributed by atoms with Crippen molar-refractivity contribution in [2.75, 3.05) is 0 Å². The van der Waals surface area contributed by atoms with Crippen LogP contribution < -0.4 is 0 Å². The zero-order valence-corrected chi connectivity index (χ0v) is 7.32. The van der Waals surface area contributed by atoms with Crippen molar-refractivity contribution in [1.82, 2.24) is 0 Å². The van der Waals surface area contributed by atoms with Crippen molar-refractivity contribution in [3.05, 3.63) is 0 Å². The number of hydrogen-bond donors (Lipinski definition) is 2. The average molecular weight is 188 g/mol. The molecule has 0 saturated carbocycles. The maximum Gasteiger partial charge on any atom is 0.304 e. The van der Waals surface area contributed by atoms with Gasteiger partial charge in [-0.3, -0.25) is 14.4 Å². The van der Waals surface area contributed by atoms with Gasteiger partial charge in [-0.25, -0.2) is 0 Å². The molecular weight excluding hydrogens is 176 g/mol. The number of rotatable bonds is 6. The summed E-state index contributed by atoms with van der Waals surface area (Å²) >= 11 is 0. The number of ketones is 1. The quantitative estimate of drug-likeness (QED) is 0.634. The smallest absolute Gasteiger partial charge is 0.304 e. The predicted octanol–water partition coefficient (Wildman–Crippen LogP) is 0.531. The molecule has 0 radical (unpaired) electrons. The Bertz CT molecular complexity index is 221. The van der Waals surface area contributed by atoms with Crippen LogP contribution in [-0.2, 0) is 14.4 Å². The minimum absolute atomic E-state index is 0.0935. The zero-order chi connectivity index (χ0) is 10.4. The highest BCUT2D eigenvalue weighted by atomic mass is 16.4. The van der Waals surface area contributed by atoms with E-state index in [2.05, 4.69) is 0 Å². The number of carbonyl (C=O) groups is 3. The summed E-state index contributed by atoms with van der Waals surface area (Å²) in [6.45, 7) is 1.48. The van der Waals surface area contributed by atoms with Crippen molar-refractivity contribution in [2.45, 2.75) is 26.2 Å². The van der Waals surface area contributed by atoms with Gasteiger partial charge in [0, 0.05) is 12.3 Å². The molecule has 0 aromatic carbocycles. The summed E-state index contributed by atoms with van der Waals surface area (Å²) in [7, 11) is 0. The van der Waals surface area contributed by atoms with E-state index in [4.69, 9.17) is 10.2 Å². The third kappa shape index (κ3) is 5.84. The summed E-state index contributed by atoms with van der Waals surface area (Å²) in [4.78, 5) is 31.3. The predicted molar refractivity (Wildman–Crippen MR) is 43.3 cm³/mol. The van der Waals surface area contributed by atoms with E-state index in [0.717, 1.165) is 0 Å². The number of hydrogen-bond acceptors (Lipinski definition) is 3. The third-order valence-electron chi connectivity index (χ3n) is 1.62. The largest absolute Gasteiger partial charge is 0.481 e. The molecule has 0 saturated heterocycles. The minimum atomic E-state index is -1.05. The van der Waals surface area contributed by atoms with Gasteiger partial charge < -0.3 is 10.2 Å². The van der Waals surface area contributed by atoms with Gasteiger partial charge in [-0.15, -0.1) is 0 Å². The van der Waals surface area contributed by atoms with Crippen LogP contribution in [-0.4, -0.2) is 27.9 Å². The number of carboxylic acid groups (broad SMARTS) is 2. The van der Waals surface area contributed by atoms with E-state index in [1.54, 1.807) is 0 Å². The molecular formula is C8H12O5. The summed E-state index contributed by atoms with van der Waals surface area (Å²) in [6, 6.07) is 0. The fraction of sp³-hybridized carbons (Fsp3) is 0.625. The van der Waals surface area contributed by atoms with Gasteiger partial charge in [-0.05, 0) is 0 Å². The first-order chi connectivity index (χ1) is 5.93. The average Bonchev–Trinajstić information content (AvgIpc) is 1.98. The van der Waals surface area contributed by atoms with Gasteiger partial charge in [0.15, 0.2) is 0 Å². The van der Waals surface area contributed by atoms with Gasteiger partial charge in [0.05, 0.1) is 12.8 Å². The van der Waals surface area contributed by atoms with Crippen LogP contribution in [0.3, 0.4) is 0 Å². The molecule has 0 aromatic rings. The number of Topliss-reactive ketones (excluding diaryl/α,β-unsaturated/α-hetero) is 1. The summed E-state index contributed by atoms with van der Waals surface area (Å²) in [5.74, 6) is -3.01. The SMILES string of the molecule is CC(CC(=O)O)C(=O)CCC(=O)O. The fourth-order valence-electron chi connectivity index (χ4n) is 0.852. The number of carboxylic acids is 2. The topological polar surface area (TPSA) is 91.7 Å². The molecule has 0 heterocycles. The van der Waals surface area contributed by atoms with Gasteiger partial charge in [0.2, 0.25) is 0 Å². The Kier molecular flexibility index (Phi) is 4.72. The first kappa shape index (κ1) is 11.6. The fourth-order valence-corrected chi connectivity index (χ4v) is 0.852. The Labute approximate surface area is 75.4 Å². The van der Waals surface area contributed by atoms with Crippen molar-refractivity contribution in [2.24, 2.45) is 5.92 Å². The lowest BCUT2D eigenvalue weighted by Crippen LogP contribution is -2.16. The molecule has 0 aliphatic carbocycles. The van der Waals surface area contributed by atoms with Gasteiger partial charge in [0.1, 0.15) is 5.78 Å². The second-order valence-corrected chi connectivity index (χ2v) is 2.86. The highest BCUT2D eigenvalue weighted by Crippen LogP contribution is 2.07. The molecule has 5 heteroatoms. The Morgan fingerprint density at radius 3 is 2.00 bits per heavy atom. The lowest BCUT2D eigenvalue weighted by Gasteiger charge is -2.05. The number of aliphatic carboxylic acids is 2. The summed E-state index contributed by atoms with van der Waals surface area (Å²) < 4.78 is 0. The van der Waals surface area contributed by atoms with Crippen molar-refractivity contribution < 1.29 is 24.6 Å². The first-order valence-electron chi connectivity index (χ1n) is 3.89. The van der Waals surface area contributed by atoms with Crippen LogP contribution in [0.5, 0.6) is 0 Å². The molecule has 0 aromatic heterocycles. The molecule has 1 unspecified atom stereocenters. The minimum Gasteiger partial charge on any atom is -0.481 e. The van der Waals surface area contributed by atoms with Gasteiger partial charge in [-0.2, -0.15) is 0 Å². The molecule has 2 N–H and O–H groups in total. The summed E-state index contributed by atoms with van der Waals surface area (Å²) in [5, 5.41) is 16.6. The second kappa shape index (κ2) is 5.29. The number of carbonyl (C=O) groups excluding carboxylic acids is 1. The van der Waals surface area contributed by atoms with E-state index in [-0.39, 0.29) is 25.0 Å². The molecule has 0 amide bonds. The highest BCUT2D eigenvalue weighted by Gasteiger charge is 2.16. The van der Waals surface area contributed by atoms with Crippen molar-refractivity contribution in [3.8, 4) is 0 Å². The van der Waals surface area contributed by atoms with Gasteiger partial charge in [-0.1, -0.05) is 6.92 Å². The molecule has 1 atom stereocenters. The monoisotopic (exact) mass is 188 g/mol. The van der Waals surface area contributed by atoms with E-state index < -0.39 is 17.9 Å². The Balaban J connectivity index is 3.82. The van der Waals surface area contributed by atoms with Crippen molar-refractivity contribution >= 4 is 17.7 Å². The Morgan fingerprint density at radius 1 is 1.08 bits per heavy atom. The van der Waals surface area contributed by atoms with Crippen LogP contribution in [0.15, 0.2) is 0 Å². The van der Waals surface area contributed by atoms with E-state index in [9.17, 15) is 14.4 Å². The second-order valence-electron chi connectivity index (χ2n) is 2.86. The van der Waals surface area contributed by atoms with E-state index in [1.807, 2.05) is 0 Å². The van der Waals surface area contributed by atoms with E-state index in [0.29, 0.717) is 0 Å². The molecule has 5 nitrogen and oxygen atoms in total. The van der Waals surface area contributed by atoms with Crippen LogP contribution >= 0.6 is 0 Å². The normalized spacial score (nSPS) is 12.1. The standard InChI is InChI=1S/C8H12O5/c1-5(4-8(12)13)6(9)2-3-7(10)11/h5H,2-4H2,1H3,(H,10,11)(H,12,13). The molecule has 0 fully saturated rings. The molecule has 13 heavy (non-hydrogen) atoms. The molecule has 0 rings (SSSR count). The maximum absolute atomic E-state index is 11.1. The highest BCUT2D eigenvalue weighted by molar-refractivity contribution is 5.86. The van der Waals surface area contributed by atoms with Crippen LogP contribution in [0, 0.1) is 5.92 Å². The zero-order valence-electron chi connectivity index (χ0n) is 7.32. The molecule has 0 bridgehead atoms. The van der Waals surface area contributed by atoms with E-state index >= 15 is 0 Å². The van der Waals surface area contributed by atoms with Crippen LogP contribution in [0.1, 0.15) is 26.2 Å². The van der Waals surface area contributed by atoms with Gasteiger partial charge in [0.25, 0.3) is 0 Å².